The molecular formula is C14H22O. The normalized spacial score (nSPS) is 12.8. The first-order valence-corrected chi connectivity index (χ1v) is 5.88. The van der Waals surface area contributed by atoms with Crippen LogP contribution in [-0.4, -0.2) is 11.7 Å². The predicted octanol–water partition coefficient (Wildman–Crippen LogP) is 3.43. The zero-order valence-corrected chi connectivity index (χ0v) is 10.1. The maximum absolute atomic E-state index is 9.15. The van der Waals surface area contributed by atoms with Gasteiger partial charge in [-0.2, -0.15) is 0 Å². The van der Waals surface area contributed by atoms with Crippen LogP contribution in [0.5, 0.6) is 0 Å². The van der Waals surface area contributed by atoms with Crippen molar-refractivity contribution in [1.82, 2.24) is 0 Å². The van der Waals surface area contributed by atoms with E-state index in [9.17, 15) is 0 Å². The lowest BCUT2D eigenvalue weighted by Crippen LogP contribution is -2.00. The maximum Gasteiger partial charge on any atom is 0.0497 e. The van der Waals surface area contributed by atoms with E-state index < -0.39 is 0 Å². The van der Waals surface area contributed by atoms with E-state index in [0.717, 1.165) is 6.42 Å². The van der Waals surface area contributed by atoms with Crippen LogP contribution in [-0.2, 0) is 6.42 Å². The second-order valence-corrected chi connectivity index (χ2v) is 4.44. The van der Waals surface area contributed by atoms with E-state index in [4.69, 9.17) is 5.11 Å². The fourth-order valence-corrected chi connectivity index (χ4v) is 1.81. The van der Waals surface area contributed by atoms with E-state index in [2.05, 4.69) is 39.0 Å². The van der Waals surface area contributed by atoms with Gasteiger partial charge in [-0.25, -0.2) is 0 Å². The molecule has 1 rings (SSSR count). The summed E-state index contributed by atoms with van der Waals surface area (Å²) >= 11 is 0. The Labute approximate surface area is 93.1 Å². The molecular weight excluding hydrogens is 184 g/mol. The molecule has 1 unspecified atom stereocenters. The Kier molecular flexibility index (Phi) is 4.83. The molecule has 0 heterocycles. The molecule has 0 amide bonds. The van der Waals surface area contributed by atoms with Gasteiger partial charge in [0.1, 0.15) is 0 Å². The summed E-state index contributed by atoms with van der Waals surface area (Å²) < 4.78 is 0. The molecule has 0 saturated heterocycles. The predicted molar refractivity (Wildman–Crippen MR) is 65.3 cm³/mol. The molecule has 1 nitrogen and oxygen atoms in total. The lowest BCUT2D eigenvalue weighted by Gasteiger charge is -2.12. The van der Waals surface area contributed by atoms with Crippen molar-refractivity contribution in [1.29, 1.82) is 0 Å². The van der Waals surface area contributed by atoms with Crippen LogP contribution in [0.1, 0.15) is 49.3 Å². The van der Waals surface area contributed by atoms with Gasteiger partial charge in [-0.1, -0.05) is 44.0 Å². The molecule has 0 aliphatic heterocycles. The van der Waals surface area contributed by atoms with Crippen molar-refractivity contribution in [3.05, 3.63) is 34.9 Å². The largest absolute Gasteiger partial charge is 0.396 e. The van der Waals surface area contributed by atoms with E-state index in [0.29, 0.717) is 0 Å². The van der Waals surface area contributed by atoms with Crippen molar-refractivity contribution in [2.24, 2.45) is 0 Å². The van der Waals surface area contributed by atoms with Crippen molar-refractivity contribution in [2.45, 2.75) is 46.0 Å². The third kappa shape index (κ3) is 3.67. The van der Waals surface area contributed by atoms with E-state index in [1.165, 1.54) is 29.5 Å². The fourth-order valence-electron chi connectivity index (χ4n) is 1.81. The molecule has 0 fully saturated rings. The minimum absolute atomic E-state index is 0.233. The number of hydrogen-bond donors (Lipinski definition) is 1. The molecule has 0 aliphatic rings. The fraction of sp³-hybridized carbons (Fsp3) is 0.571. The lowest BCUT2D eigenvalue weighted by atomic mass is 9.95. The highest BCUT2D eigenvalue weighted by atomic mass is 16.3. The first kappa shape index (κ1) is 12.3. The van der Waals surface area contributed by atoms with E-state index in [-0.39, 0.29) is 12.5 Å². The van der Waals surface area contributed by atoms with Gasteiger partial charge in [-0.3, -0.25) is 0 Å². The number of aliphatic hydroxyl groups is 1. The smallest absolute Gasteiger partial charge is 0.0497 e. The number of unbranched alkanes of at least 4 members (excludes halogenated alkanes) is 1. The second-order valence-electron chi connectivity index (χ2n) is 4.44. The minimum Gasteiger partial charge on any atom is -0.396 e. The number of aliphatic hydroxyl groups excluding tert-OH is 1. The minimum atomic E-state index is 0.233. The highest BCUT2D eigenvalue weighted by Crippen LogP contribution is 2.19. The van der Waals surface area contributed by atoms with E-state index in [1.54, 1.807) is 0 Å². The molecule has 0 radical (unpaired) electrons. The Bertz CT molecular complexity index is 304. The van der Waals surface area contributed by atoms with E-state index in [1.807, 2.05) is 0 Å². The summed E-state index contributed by atoms with van der Waals surface area (Å²) in [4.78, 5) is 0. The van der Waals surface area contributed by atoms with Gasteiger partial charge >= 0.3 is 0 Å². The monoisotopic (exact) mass is 206 g/mol. The SMILES string of the molecule is CCCCc1cc(C)cc(C(C)CO)c1. The van der Waals surface area contributed by atoms with Crippen LogP contribution in [0.4, 0.5) is 0 Å². The van der Waals surface area contributed by atoms with E-state index >= 15 is 0 Å². The molecule has 1 heteroatoms. The molecule has 1 N–H and O–H groups in total. The Hall–Kier alpha value is -0.820. The van der Waals surface area contributed by atoms with Gasteiger partial charge in [0.15, 0.2) is 0 Å². The third-order valence-corrected chi connectivity index (χ3v) is 2.82. The summed E-state index contributed by atoms with van der Waals surface area (Å²) in [6.07, 6.45) is 3.64. The first-order chi connectivity index (χ1) is 7.17. The number of benzene rings is 1. The standard InChI is InChI=1S/C14H22O/c1-4-5-6-13-7-11(2)8-14(9-13)12(3)10-15/h7-9,12,15H,4-6,10H2,1-3H3. The van der Waals surface area contributed by atoms with Gasteiger partial charge in [0.25, 0.3) is 0 Å². The van der Waals surface area contributed by atoms with Crippen molar-refractivity contribution < 1.29 is 5.11 Å². The number of hydrogen-bond acceptors (Lipinski definition) is 1. The van der Waals surface area contributed by atoms with Gasteiger partial charge in [0.05, 0.1) is 0 Å². The Morgan fingerprint density at radius 2 is 2.00 bits per heavy atom. The molecule has 0 spiro atoms. The molecule has 1 aromatic rings. The topological polar surface area (TPSA) is 20.2 Å². The summed E-state index contributed by atoms with van der Waals surface area (Å²) in [5, 5.41) is 9.15. The van der Waals surface area contributed by atoms with Crippen LogP contribution in [0.3, 0.4) is 0 Å². The van der Waals surface area contributed by atoms with Crippen LogP contribution in [0.25, 0.3) is 0 Å². The summed E-state index contributed by atoms with van der Waals surface area (Å²) in [5.41, 5.74) is 3.98. The van der Waals surface area contributed by atoms with Crippen molar-refractivity contribution >= 4 is 0 Å². The Morgan fingerprint density at radius 1 is 1.27 bits per heavy atom. The number of aryl methyl sites for hydroxylation is 2. The van der Waals surface area contributed by atoms with Gasteiger partial charge in [0, 0.05) is 12.5 Å². The highest BCUT2D eigenvalue weighted by Gasteiger charge is 2.05. The molecule has 0 saturated carbocycles. The van der Waals surface area contributed by atoms with Crippen molar-refractivity contribution in [3.8, 4) is 0 Å². The average Bonchev–Trinajstić information content (AvgIpc) is 2.24. The van der Waals surface area contributed by atoms with Crippen LogP contribution in [0, 0.1) is 6.92 Å². The van der Waals surface area contributed by atoms with Crippen LogP contribution < -0.4 is 0 Å². The molecule has 84 valence electrons. The zero-order chi connectivity index (χ0) is 11.3. The maximum atomic E-state index is 9.15. The molecule has 0 aromatic heterocycles. The lowest BCUT2D eigenvalue weighted by molar-refractivity contribution is 0.273. The quantitative estimate of drug-likeness (QED) is 0.782. The van der Waals surface area contributed by atoms with Gasteiger partial charge in [0.2, 0.25) is 0 Å². The zero-order valence-electron chi connectivity index (χ0n) is 10.1. The van der Waals surface area contributed by atoms with Gasteiger partial charge in [-0.15, -0.1) is 0 Å². The van der Waals surface area contributed by atoms with Gasteiger partial charge < -0.3 is 5.11 Å². The molecule has 15 heavy (non-hydrogen) atoms. The Balaban J connectivity index is 2.84. The molecule has 1 aromatic carbocycles. The molecule has 0 aliphatic carbocycles. The summed E-state index contributed by atoms with van der Waals surface area (Å²) in [7, 11) is 0. The van der Waals surface area contributed by atoms with Crippen molar-refractivity contribution in [2.75, 3.05) is 6.61 Å². The van der Waals surface area contributed by atoms with Crippen LogP contribution in [0.2, 0.25) is 0 Å². The summed E-state index contributed by atoms with van der Waals surface area (Å²) in [6, 6.07) is 6.67. The van der Waals surface area contributed by atoms with Crippen molar-refractivity contribution in [3.63, 3.8) is 0 Å². The second kappa shape index (κ2) is 5.92. The molecule has 0 bridgehead atoms. The highest BCUT2D eigenvalue weighted by molar-refractivity contribution is 5.31. The first-order valence-electron chi connectivity index (χ1n) is 5.88. The molecule has 1 atom stereocenters. The van der Waals surface area contributed by atoms with Crippen LogP contribution in [0.15, 0.2) is 18.2 Å². The van der Waals surface area contributed by atoms with Crippen LogP contribution >= 0.6 is 0 Å². The summed E-state index contributed by atoms with van der Waals surface area (Å²) in [5.74, 6) is 0.255. The Morgan fingerprint density at radius 3 is 2.60 bits per heavy atom. The van der Waals surface area contributed by atoms with Gasteiger partial charge in [-0.05, 0) is 30.9 Å². The summed E-state index contributed by atoms with van der Waals surface area (Å²) in [6.45, 7) is 6.64. The number of rotatable bonds is 5. The third-order valence-electron chi connectivity index (χ3n) is 2.82. The average molecular weight is 206 g/mol.